The third-order valence-corrected chi connectivity index (χ3v) is 8.89. The zero-order chi connectivity index (χ0) is 22.0. The zero-order valence-electron chi connectivity index (χ0n) is 17.8. The molecule has 31 heavy (non-hydrogen) atoms. The molecule has 9 heteroatoms. The van der Waals surface area contributed by atoms with Gasteiger partial charge in [-0.25, -0.2) is 8.42 Å². The average Bonchev–Trinajstić information content (AvgIpc) is 3.34. The molecule has 3 aliphatic rings. The molecule has 3 fully saturated rings. The Hall–Kier alpha value is -1.64. The van der Waals surface area contributed by atoms with Crippen molar-refractivity contribution in [3.63, 3.8) is 0 Å². The van der Waals surface area contributed by atoms with Gasteiger partial charge < -0.3 is 9.80 Å². The number of carbonyl (C=O) groups excluding carboxylic acids is 2. The molecule has 0 radical (unpaired) electrons. The predicted octanol–water partition coefficient (Wildman–Crippen LogP) is 2.99. The minimum Gasteiger partial charge on any atom is -0.342 e. The molecule has 3 aliphatic heterocycles. The summed E-state index contributed by atoms with van der Waals surface area (Å²) in [5.41, 5.74) is 0.212. The van der Waals surface area contributed by atoms with Gasteiger partial charge in [-0.3, -0.25) is 9.59 Å². The summed E-state index contributed by atoms with van der Waals surface area (Å²) in [5, 5.41) is 0.248. The summed E-state index contributed by atoms with van der Waals surface area (Å²) >= 11 is 6.29. The van der Waals surface area contributed by atoms with Crippen molar-refractivity contribution < 1.29 is 18.0 Å². The van der Waals surface area contributed by atoms with E-state index < -0.39 is 10.0 Å². The Morgan fingerprint density at radius 3 is 2.10 bits per heavy atom. The van der Waals surface area contributed by atoms with Crippen LogP contribution < -0.4 is 0 Å². The molecule has 2 amide bonds. The molecule has 1 aromatic carbocycles. The maximum absolute atomic E-state index is 13.1. The summed E-state index contributed by atoms with van der Waals surface area (Å²) in [6, 6.07) is 4.38. The number of sulfonamides is 1. The van der Waals surface area contributed by atoms with Crippen molar-refractivity contribution >= 4 is 33.4 Å². The molecule has 4 rings (SSSR count). The van der Waals surface area contributed by atoms with Crippen molar-refractivity contribution in [2.24, 2.45) is 5.92 Å². The number of hydrogen-bond acceptors (Lipinski definition) is 4. The Bertz CT molecular complexity index is 932. The van der Waals surface area contributed by atoms with Crippen LogP contribution in [0.5, 0.6) is 0 Å². The highest BCUT2D eigenvalue weighted by molar-refractivity contribution is 7.89. The lowest BCUT2D eigenvalue weighted by atomic mass is 9.95. The first kappa shape index (κ1) is 22.6. The van der Waals surface area contributed by atoms with E-state index in [0.29, 0.717) is 39.0 Å². The van der Waals surface area contributed by atoms with Crippen LogP contribution in [-0.2, 0) is 14.8 Å². The van der Waals surface area contributed by atoms with Crippen molar-refractivity contribution in [1.29, 1.82) is 0 Å². The van der Waals surface area contributed by atoms with Gasteiger partial charge in [-0.15, -0.1) is 0 Å². The number of carbonyl (C=O) groups is 2. The second kappa shape index (κ2) is 9.46. The van der Waals surface area contributed by atoms with E-state index in [1.165, 1.54) is 22.5 Å². The van der Waals surface area contributed by atoms with E-state index in [4.69, 9.17) is 11.6 Å². The molecule has 170 valence electrons. The molecule has 0 atom stereocenters. The van der Waals surface area contributed by atoms with Gasteiger partial charge in [0.2, 0.25) is 15.9 Å². The molecule has 0 aromatic heterocycles. The lowest BCUT2D eigenvalue weighted by Gasteiger charge is -2.33. The molecule has 0 aliphatic carbocycles. The monoisotopic (exact) mass is 467 g/mol. The maximum atomic E-state index is 13.1. The molecule has 3 heterocycles. The fourth-order valence-corrected chi connectivity index (χ4v) is 6.52. The topological polar surface area (TPSA) is 78.0 Å². The first-order chi connectivity index (χ1) is 14.9. The molecule has 0 unspecified atom stereocenters. The fraction of sp³-hybridized carbons (Fsp3) is 0.636. The van der Waals surface area contributed by atoms with Gasteiger partial charge in [-0.05, 0) is 56.7 Å². The van der Waals surface area contributed by atoms with E-state index in [-0.39, 0.29) is 33.2 Å². The highest BCUT2D eigenvalue weighted by Crippen LogP contribution is 2.28. The number of nitrogens with zero attached hydrogens (tertiary/aromatic N) is 3. The maximum Gasteiger partial charge on any atom is 0.255 e. The molecule has 0 spiro atoms. The first-order valence-corrected chi connectivity index (χ1v) is 13.1. The number of likely N-dealkylation sites (tertiary alicyclic amines) is 2. The van der Waals surface area contributed by atoms with Crippen LogP contribution in [0.25, 0.3) is 0 Å². The van der Waals surface area contributed by atoms with Crippen molar-refractivity contribution in [1.82, 2.24) is 14.1 Å². The summed E-state index contributed by atoms with van der Waals surface area (Å²) < 4.78 is 27.5. The lowest BCUT2D eigenvalue weighted by molar-refractivity contribution is -0.135. The average molecular weight is 468 g/mol. The van der Waals surface area contributed by atoms with E-state index in [9.17, 15) is 18.0 Å². The second-order valence-electron chi connectivity index (χ2n) is 8.71. The van der Waals surface area contributed by atoms with Crippen LogP contribution in [0, 0.1) is 5.92 Å². The van der Waals surface area contributed by atoms with Crippen LogP contribution in [0.4, 0.5) is 0 Å². The number of piperidine rings is 2. The van der Waals surface area contributed by atoms with Gasteiger partial charge in [0.25, 0.3) is 5.91 Å². The van der Waals surface area contributed by atoms with Crippen molar-refractivity contribution in [2.45, 2.75) is 49.8 Å². The number of amides is 2. The normalized spacial score (nSPS) is 21.5. The van der Waals surface area contributed by atoms with Gasteiger partial charge in [0, 0.05) is 45.2 Å². The number of hydrogen-bond donors (Lipinski definition) is 0. The Kier molecular flexibility index (Phi) is 6.89. The Balaban J connectivity index is 1.45. The molecule has 3 saturated heterocycles. The van der Waals surface area contributed by atoms with E-state index in [0.717, 1.165) is 45.2 Å². The Morgan fingerprint density at radius 2 is 1.45 bits per heavy atom. The van der Waals surface area contributed by atoms with Crippen LogP contribution in [0.1, 0.15) is 55.3 Å². The van der Waals surface area contributed by atoms with E-state index in [1.54, 1.807) is 4.90 Å². The van der Waals surface area contributed by atoms with Gasteiger partial charge in [-0.1, -0.05) is 18.0 Å². The summed E-state index contributed by atoms with van der Waals surface area (Å²) in [7, 11) is -3.64. The van der Waals surface area contributed by atoms with Crippen molar-refractivity contribution in [3.05, 3.63) is 28.8 Å². The smallest absolute Gasteiger partial charge is 0.255 e. The number of benzene rings is 1. The van der Waals surface area contributed by atoms with Crippen molar-refractivity contribution in [3.8, 4) is 0 Å². The summed E-state index contributed by atoms with van der Waals surface area (Å²) in [5.74, 6) is -0.103. The van der Waals surface area contributed by atoms with E-state index in [1.807, 2.05) is 4.90 Å². The van der Waals surface area contributed by atoms with Crippen LogP contribution in [0.3, 0.4) is 0 Å². The highest BCUT2D eigenvalue weighted by Gasteiger charge is 2.33. The summed E-state index contributed by atoms with van der Waals surface area (Å²) in [4.78, 5) is 29.5. The first-order valence-electron chi connectivity index (χ1n) is 11.3. The van der Waals surface area contributed by atoms with Gasteiger partial charge in [-0.2, -0.15) is 4.31 Å². The van der Waals surface area contributed by atoms with Crippen LogP contribution >= 0.6 is 11.6 Å². The number of halogens is 1. The Labute approximate surface area is 189 Å². The molecule has 0 N–H and O–H groups in total. The Morgan fingerprint density at radius 1 is 0.839 bits per heavy atom. The predicted molar refractivity (Wildman–Crippen MR) is 119 cm³/mol. The highest BCUT2D eigenvalue weighted by atomic mass is 35.5. The standard InChI is InChI=1S/C22H30ClN3O4S/c23-20-7-6-18(31(29,30)26-12-2-1-3-13-26)16-19(20)22(28)25-14-8-17(9-15-25)21(27)24-10-4-5-11-24/h6-7,16-17H,1-5,8-15H2. The molecule has 1 aromatic rings. The zero-order valence-corrected chi connectivity index (χ0v) is 19.3. The summed E-state index contributed by atoms with van der Waals surface area (Å²) in [6.45, 7) is 3.64. The van der Waals surface area contributed by atoms with Gasteiger partial charge in [0.05, 0.1) is 15.5 Å². The molecule has 0 bridgehead atoms. The number of rotatable bonds is 4. The molecule has 0 saturated carbocycles. The second-order valence-corrected chi connectivity index (χ2v) is 11.1. The largest absolute Gasteiger partial charge is 0.342 e. The summed E-state index contributed by atoms with van der Waals surface area (Å²) in [6.07, 6.45) is 6.13. The van der Waals surface area contributed by atoms with Crippen LogP contribution in [0.2, 0.25) is 5.02 Å². The molecular weight excluding hydrogens is 438 g/mol. The van der Waals surface area contributed by atoms with Crippen molar-refractivity contribution in [2.75, 3.05) is 39.3 Å². The third kappa shape index (κ3) is 4.76. The minimum atomic E-state index is -3.64. The quantitative estimate of drug-likeness (QED) is 0.682. The van der Waals surface area contributed by atoms with E-state index in [2.05, 4.69) is 0 Å². The van der Waals surface area contributed by atoms with Gasteiger partial charge in [0.15, 0.2) is 0 Å². The van der Waals surface area contributed by atoms with Crippen LogP contribution in [0.15, 0.2) is 23.1 Å². The molecule has 7 nitrogen and oxygen atoms in total. The van der Waals surface area contributed by atoms with Crippen LogP contribution in [-0.4, -0.2) is 73.6 Å². The fourth-order valence-electron chi connectivity index (χ4n) is 4.78. The van der Waals surface area contributed by atoms with Gasteiger partial charge in [0.1, 0.15) is 0 Å². The van der Waals surface area contributed by atoms with Gasteiger partial charge >= 0.3 is 0 Å². The molecular formula is C22H30ClN3O4S. The van der Waals surface area contributed by atoms with E-state index >= 15 is 0 Å². The third-order valence-electron chi connectivity index (χ3n) is 6.67. The SMILES string of the molecule is O=C(c1cc(S(=O)(=O)N2CCCCC2)ccc1Cl)N1CCC(C(=O)N2CCCC2)CC1. The lowest BCUT2D eigenvalue weighted by Crippen LogP contribution is -2.43. The minimum absolute atomic E-state index is 0.0385.